The first-order chi connectivity index (χ1) is 10.1. The van der Waals surface area contributed by atoms with Crippen molar-refractivity contribution in [3.05, 3.63) is 18.0 Å². The first kappa shape index (κ1) is 16.0. The highest BCUT2D eigenvalue weighted by atomic mass is 35.5. The Labute approximate surface area is 131 Å². The summed E-state index contributed by atoms with van der Waals surface area (Å²) >= 11 is 5.91. The molecule has 0 aliphatic heterocycles. The van der Waals surface area contributed by atoms with Gasteiger partial charge in [0.1, 0.15) is 5.82 Å². The standard InChI is InChI=1S/C16H23ClN2O2/c1-11(2)6-8-19-13-10-15(21-4)14(20-3)9-12(13)18-16(19)5-7-17/h9-11H,5-8H2,1-4H3. The lowest BCUT2D eigenvalue weighted by molar-refractivity contribution is 0.355. The Morgan fingerprint density at radius 1 is 1.19 bits per heavy atom. The van der Waals surface area contributed by atoms with Gasteiger partial charge in [-0.05, 0) is 12.3 Å². The summed E-state index contributed by atoms with van der Waals surface area (Å²) < 4.78 is 13.0. The van der Waals surface area contributed by atoms with Crippen molar-refractivity contribution in [1.29, 1.82) is 0 Å². The van der Waals surface area contributed by atoms with E-state index in [1.54, 1.807) is 14.2 Å². The van der Waals surface area contributed by atoms with Crippen molar-refractivity contribution >= 4 is 22.6 Å². The Bertz CT molecular complexity index is 608. The van der Waals surface area contributed by atoms with Crippen LogP contribution in [0.2, 0.25) is 0 Å². The molecule has 0 bridgehead atoms. The maximum atomic E-state index is 5.91. The van der Waals surface area contributed by atoms with Crippen molar-refractivity contribution in [2.45, 2.75) is 33.2 Å². The molecule has 0 fully saturated rings. The molecular formula is C16H23ClN2O2. The van der Waals surface area contributed by atoms with Crippen molar-refractivity contribution in [3.8, 4) is 11.5 Å². The largest absolute Gasteiger partial charge is 0.493 e. The number of hydrogen-bond acceptors (Lipinski definition) is 3. The van der Waals surface area contributed by atoms with E-state index in [1.807, 2.05) is 12.1 Å². The zero-order valence-corrected chi connectivity index (χ0v) is 13.9. The predicted octanol–water partition coefficient (Wildman–Crippen LogP) is 3.88. The lowest BCUT2D eigenvalue weighted by atomic mass is 10.1. The number of nitrogens with zero attached hydrogens (tertiary/aromatic N) is 2. The van der Waals surface area contributed by atoms with Crippen LogP contribution < -0.4 is 9.47 Å². The minimum Gasteiger partial charge on any atom is -0.493 e. The summed E-state index contributed by atoms with van der Waals surface area (Å²) in [6, 6.07) is 3.93. The van der Waals surface area contributed by atoms with Gasteiger partial charge in [-0.15, -0.1) is 11.6 Å². The molecule has 0 aliphatic carbocycles. The molecule has 116 valence electrons. The highest BCUT2D eigenvalue weighted by Gasteiger charge is 2.15. The molecule has 0 radical (unpaired) electrons. The summed E-state index contributed by atoms with van der Waals surface area (Å²) in [7, 11) is 3.29. The van der Waals surface area contributed by atoms with Crippen LogP contribution in [0.4, 0.5) is 0 Å². The molecule has 2 aromatic rings. The molecule has 5 heteroatoms. The Balaban J connectivity index is 2.52. The highest BCUT2D eigenvalue weighted by Crippen LogP contribution is 2.32. The van der Waals surface area contributed by atoms with Gasteiger partial charge in [-0.25, -0.2) is 4.98 Å². The number of aryl methyl sites for hydroxylation is 2. The van der Waals surface area contributed by atoms with Crippen LogP contribution >= 0.6 is 11.6 Å². The van der Waals surface area contributed by atoms with E-state index in [1.165, 1.54) is 0 Å². The molecule has 1 aromatic heterocycles. The molecule has 1 aromatic carbocycles. The molecule has 21 heavy (non-hydrogen) atoms. The number of benzene rings is 1. The lowest BCUT2D eigenvalue weighted by Crippen LogP contribution is -2.07. The smallest absolute Gasteiger partial charge is 0.163 e. The quantitative estimate of drug-likeness (QED) is 0.728. The van der Waals surface area contributed by atoms with Gasteiger partial charge in [-0.2, -0.15) is 0 Å². The number of rotatable bonds is 7. The topological polar surface area (TPSA) is 36.3 Å². The van der Waals surface area contributed by atoms with E-state index in [0.717, 1.165) is 42.0 Å². The zero-order valence-electron chi connectivity index (χ0n) is 13.1. The fourth-order valence-corrected chi connectivity index (χ4v) is 2.58. The second-order valence-corrected chi connectivity index (χ2v) is 5.88. The van der Waals surface area contributed by atoms with Gasteiger partial charge in [0.25, 0.3) is 0 Å². The van der Waals surface area contributed by atoms with E-state index in [9.17, 15) is 0 Å². The van der Waals surface area contributed by atoms with E-state index in [4.69, 9.17) is 26.1 Å². The lowest BCUT2D eigenvalue weighted by Gasteiger charge is -2.12. The third-order valence-corrected chi connectivity index (χ3v) is 3.77. The van der Waals surface area contributed by atoms with Gasteiger partial charge in [-0.3, -0.25) is 0 Å². The maximum Gasteiger partial charge on any atom is 0.163 e. The third kappa shape index (κ3) is 3.43. The van der Waals surface area contributed by atoms with Crippen molar-refractivity contribution in [3.63, 3.8) is 0 Å². The molecule has 0 saturated carbocycles. The van der Waals surface area contributed by atoms with E-state index >= 15 is 0 Å². The molecule has 4 nitrogen and oxygen atoms in total. The fourth-order valence-electron chi connectivity index (χ4n) is 2.41. The van der Waals surface area contributed by atoms with E-state index in [2.05, 4.69) is 18.4 Å². The minimum absolute atomic E-state index is 0.569. The molecule has 0 unspecified atom stereocenters. The van der Waals surface area contributed by atoms with Crippen molar-refractivity contribution in [1.82, 2.24) is 9.55 Å². The fraction of sp³-hybridized carbons (Fsp3) is 0.562. The van der Waals surface area contributed by atoms with Crippen molar-refractivity contribution in [2.75, 3.05) is 20.1 Å². The Kier molecular flexibility index (Phi) is 5.34. The van der Waals surface area contributed by atoms with Crippen molar-refractivity contribution in [2.24, 2.45) is 5.92 Å². The number of hydrogen-bond donors (Lipinski definition) is 0. The van der Waals surface area contributed by atoms with Crippen LogP contribution in [-0.2, 0) is 13.0 Å². The molecule has 0 atom stereocenters. The highest BCUT2D eigenvalue weighted by molar-refractivity contribution is 6.17. The van der Waals surface area contributed by atoms with Crippen molar-refractivity contribution < 1.29 is 9.47 Å². The minimum atomic E-state index is 0.569. The number of alkyl halides is 1. The predicted molar refractivity (Wildman–Crippen MR) is 86.7 cm³/mol. The Hall–Kier alpha value is -1.42. The van der Waals surface area contributed by atoms with Gasteiger partial charge in [0.05, 0.1) is 25.3 Å². The van der Waals surface area contributed by atoms with Gasteiger partial charge < -0.3 is 14.0 Å². The average molecular weight is 311 g/mol. The average Bonchev–Trinajstić information content (AvgIpc) is 2.80. The maximum absolute atomic E-state index is 5.91. The molecule has 0 saturated heterocycles. The Morgan fingerprint density at radius 2 is 1.86 bits per heavy atom. The Morgan fingerprint density at radius 3 is 2.43 bits per heavy atom. The number of ether oxygens (including phenoxy) is 2. The summed E-state index contributed by atoms with van der Waals surface area (Å²) in [5.74, 6) is 3.67. The van der Waals surface area contributed by atoms with Crippen LogP contribution in [0, 0.1) is 5.92 Å². The number of imidazole rings is 1. The second-order valence-electron chi connectivity index (χ2n) is 5.50. The third-order valence-electron chi connectivity index (χ3n) is 3.58. The van der Waals surface area contributed by atoms with Gasteiger partial charge in [0.2, 0.25) is 0 Å². The summed E-state index contributed by atoms with van der Waals surface area (Å²) in [6.45, 7) is 5.39. The summed E-state index contributed by atoms with van der Waals surface area (Å²) in [4.78, 5) is 4.71. The molecule has 1 heterocycles. The zero-order chi connectivity index (χ0) is 15.4. The first-order valence-corrected chi connectivity index (χ1v) is 7.81. The number of methoxy groups -OCH3 is 2. The molecule has 0 spiro atoms. The molecule has 2 rings (SSSR count). The monoisotopic (exact) mass is 310 g/mol. The normalized spacial score (nSPS) is 11.3. The number of fused-ring (bicyclic) bond motifs is 1. The van der Waals surface area contributed by atoms with Gasteiger partial charge in [0.15, 0.2) is 11.5 Å². The van der Waals surface area contributed by atoms with Gasteiger partial charge >= 0.3 is 0 Å². The summed E-state index contributed by atoms with van der Waals surface area (Å²) in [5, 5.41) is 0. The summed E-state index contributed by atoms with van der Waals surface area (Å²) in [6.07, 6.45) is 1.87. The number of halogens is 1. The van der Waals surface area contributed by atoms with Crippen LogP contribution in [0.3, 0.4) is 0 Å². The summed E-state index contributed by atoms with van der Waals surface area (Å²) in [5.41, 5.74) is 2.00. The second kappa shape index (κ2) is 7.03. The van der Waals surface area contributed by atoms with Crippen LogP contribution in [0.5, 0.6) is 11.5 Å². The van der Waals surface area contributed by atoms with Crippen LogP contribution in [0.1, 0.15) is 26.1 Å². The van der Waals surface area contributed by atoms with Crippen LogP contribution in [0.15, 0.2) is 12.1 Å². The first-order valence-electron chi connectivity index (χ1n) is 7.27. The van der Waals surface area contributed by atoms with E-state index in [-0.39, 0.29) is 0 Å². The molecule has 0 N–H and O–H groups in total. The van der Waals surface area contributed by atoms with Crippen LogP contribution in [-0.4, -0.2) is 29.7 Å². The molecule has 0 aliphatic rings. The SMILES string of the molecule is COc1cc2nc(CCCl)n(CCC(C)C)c2cc1OC. The van der Waals surface area contributed by atoms with Crippen LogP contribution in [0.25, 0.3) is 11.0 Å². The van der Waals surface area contributed by atoms with Gasteiger partial charge in [0, 0.05) is 31.0 Å². The van der Waals surface area contributed by atoms with Gasteiger partial charge in [-0.1, -0.05) is 13.8 Å². The molecular weight excluding hydrogens is 288 g/mol. The van der Waals surface area contributed by atoms with E-state index < -0.39 is 0 Å². The number of aromatic nitrogens is 2. The van der Waals surface area contributed by atoms with E-state index in [0.29, 0.717) is 17.5 Å². The molecule has 0 amide bonds.